The normalized spacial score (nSPS) is 10.9. The van der Waals surface area contributed by atoms with Gasteiger partial charge in [0.1, 0.15) is 0 Å². The average Bonchev–Trinajstić information content (AvgIpc) is 2.74. The molecular formula is C23H26N4O. The van der Waals surface area contributed by atoms with Crippen molar-refractivity contribution in [3.63, 3.8) is 0 Å². The van der Waals surface area contributed by atoms with Gasteiger partial charge in [-0.3, -0.25) is 4.79 Å². The van der Waals surface area contributed by atoms with Gasteiger partial charge in [0.25, 0.3) is 5.91 Å². The van der Waals surface area contributed by atoms with E-state index in [1.807, 2.05) is 42.5 Å². The maximum Gasteiger partial charge on any atom is 0.259 e. The maximum absolute atomic E-state index is 12.0. The first-order valence-electron chi connectivity index (χ1n) is 9.59. The Morgan fingerprint density at radius 1 is 0.964 bits per heavy atom. The smallest absolute Gasteiger partial charge is 0.259 e. The number of amides is 1. The van der Waals surface area contributed by atoms with Crippen LogP contribution in [-0.4, -0.2) is 31.8 Å². The van der Waals surface area contributed by atoms with Crippen LogP contribution in [0.4, 0.5) is 11.4 Å². The third kappa shape index (κ3) is 5.10. The predicted molar refractivity (Wildman–Crippen MR) is 118 cm³/mol. The number of carbonyl (C=O) groups is 1. The van der Waals surface area contributed by atoms with Crippen molar-refractivity contribution in [2.24, 2.45) is 5.10 Å². The highest BCUT2D eigenvalue weighted by atomic mass is 16.2. The fraction of sp³-hybridized carbons (Fsp3) is 0.217. The van der Waals surface area contributed by atoms with Crippen LogP contribution in [0.15, 0.2) is 71.8 Å². The van der Waals surface area contributed by atoms with Gasteiger partial charge in [-0.15, -0.1) is 0 Å². The number of hydrazone groups is 1. The molecule has 3 aromatic rings. The van der Waals surface area contributed by atoms with Crippen molar-refractivity contribution < 1.29 is 4.79 Å². The summed E-state index contributed by atoms with van der Waals surface area (Å²) >= 11 is 0. The molecule has 0 fully saturated rings. The van der Waals surface area contributed by atoms with Crippen LogP contribution in [-0.2, 0) is 4.79 Å². The van der Waals surface area contributed by atoms with Crippen molar-refractivity contribution in [2.75, 3.05) is 29.9 Å². The SMILES string of the molecule is CCN(CC)c1ccc(C=NNC(=O)CNc2ccc3ccccc3c2)cc1. The Kier molecular flexibility index (Phi) is 6.63. The van der Waals surface area contributed by atoms with Gasteiger partial charge in [0.05, 0.1) is 12.8 Å². The summed E-state index contributed by atoms with van der Waals surface area (Å²) in [5, 5.41) is 9.48. The van der Waals surface area contributed by atoms with E-state index < -0.39 is 0 Å². The topological polar surface area (TPSA) is 56.7 Å². The molecule has 0 unspecified atom stereocenters. The van der Waals surface area contributed by atoms with Gasteiger partial charge in [-0.2, -0.15) is 5.10 Å². The molecule has 0 atom stereocenters. The molecule has 0 aliphatic carbocycles. The second kappa shape index (κ2) is 9.55. The molecule has 3 aromatic carbocycles. The van der Waals surface area contributed by atoms with E-state index in [1.165, 1.54) is 11.1 Å². The minimum Gasteiger partial charge on any atom is -0.376 e. The Morgan fingerprint density at radius 2 is 1.68 bits per heavy atom. The van der Waals surface area contributed by atoms with Crippen molar-refractivity contribution in [1.29, 1.82) is 0 Å². The molecular weight excluding hydrogens is 348 g/mol. The van der Waals surface area contributed by atoms with Gasteiger partial charge in [0.2, 0.25) is 0 Å². The number of anilines is 2. The molecule has 28 heavy (non-hydrogen) atoms. The average molecular weight is 374 g/mol. The summed E-state index contributed by atoms with van der Waals surface area (Å²) in [6, 6.07) is 22.3. The van der Waals surface area contributed by atoms with Crippen LogP contribution in [0, 0.1) is 0 Å². The monoisotopic (exact) mass is 374 g/mol. The van der Waals surface area contributed by atoms with Gasteiger partial charge < -0.3 is 10.2 Å². The minimum absolute atomic E-state index is 0.163. The predicted octanol–water partition coefficient (Wildman–Crippen LogP) is 4.25. The lowest BCUT2D eigenvalue weighted by Gasteiger charge is -2.20. The van der Waals surface area contributed by atoms with Crippen LogP contribution in [0.5, 0.6) is 0 Å². The Labute approximate surface area is 166 Å². The summed E-state index contributed by atoms with van der Waals surface area (Å²) in [4.78, 5) is 14.3. The van der Waals surface area contributed by atoms with Gasteiger partial charge in [-0.1, -0.05) is 42.5 Å². The molecule has 0 aliphatic heterocycles. The van der Waals surface area contributed by atoms with Crippen molar-refractivity contribution >= 4 is 34.3 Å². The number of fused-ring (bicyclic) bond motifs is 1. The molecule has 5 nitrogen and oxygen atoms in total. The van der Waals surface area contributed by atoms with Gasteiger partial charge in [-0.05, 0) is 54.4 Å². The molecule has 0 aromatic heterocycles. The highest BCUT2D eigenvalue weighted by Gasteiger charge is 2.02. The van der Waals surface area contributed by atoms with E-state index in [4.69, 9.17) is 0 Å². The standard InChI is InChI=1S/C23H26N4O/c1-3-27(4-2)22-13-9-18(10-14-22)16-25-26-23(28)17-24-21-12-11-19-7-5-6-8-20(19)15-21/h5-16,24H,3-4,17H2,1-2H3,(H,26,28). The van der Waals surface area contributed by atoms with Gasteiger partial charge in [-0.25, -0.2) is 5.43 Å². The second-order valence-corrected chi connectivity index (χ2v) is 6.47. The number of rotatable bonds is 8. The largest absolute Gasteiger partial charge is 0.376 e. The van der Waals surface area contributed by atoms with Crippen LogP contribution >= 0.6 is 0 Å². The van der Waals surface area contributed by atoms with E-state index in [9.17, 15) is 4.79 Å². The van der Waals surface area contributed by atoms with E-state index in [2.05, 4.69) is 58.9 Å². The van der Waals surface area contributed by atoms with Gasteiger partial charge in [0.15, 0.2) is 0 Å². The summed E-state index contributed by atoms with van der Waals surface area (Å²) in [6.07, 6.45) is 1.65. The summed E-state index contributed by atoms with van der Waals surface area (Å²) in [5.74, 6) is -0.191. The number of carbonyl (C=O) groups excluding carboxylic acids is 1. The Bertz CT molecular complexity index is 946. The Hall–Kier alpha value is -3.34. The van der Waals surface area contributed by atoms with E-state index in [0.717, 1.165) is 29.7 Å². The number of nitrogens with zero attached hydrogens (tertiary/aromatic N) is 2. The van der Waals surface area contributed by atoms with Crippen molar-refractivity contribution in [2.45, 2.75) is 13.8 Å². The van der Waals surface area contributed by atoms with Crippen LogP contribution in [0.3, 0.4) is 0 Å². The quantitative estimate of drug-likeness (QED) is 0.458. The van der Waals surface area contributed by atoms with E-state index >= 15 is 0 Å². The van der Waals surface area contributed by atoms with Gasteiger partial charge >= 0.3 is 0 Å². The molecule has 1 amide bonds. The lowest BCUT2D eigenvalue weighted by Crippen LogP contribution is -2.25. The summed E-state index contributed by atoms with van der Waals surface area (Å²) < 4.78 is 0. The van der Waals surface area contributed by atoms with Crippen LogP contribution in [0.1, 0.15) is 19.4 Å². The zero-order valence-corrected chi connectivity index (χ0v) is 16.4. The van der Waals surface area contributed by atoms with Crippen molar-refractivity contribution in [3.05, 3.63) is 72.3 Å². The summed E-state index contributed by atoms with van der Waals surface area (Å²) in [6.45, 7) is 6.39. The van der Waals surface area contributed by atoms with Crippen LogP contribution in [0.25, 0.3) is 10.8 Å². The fourth-order valence-corrected chi connectivity index (χ4v) is 3.06. The summed E-state index contributed by atoms with van der Waals surface area (Å²) in [5.41, 5.74) is 5.59. The molecule has 0 aliphatic rings. The first-order valence-corrected chi connectivity index (χ1v) is 9.59. The van der Waals surface area contributed by atoms with E-state index in [1.54, 1.807) is 6.21 Å². The first kappa shape index (κ1) is 19.4. The first-order chi connectivity index (χ1) is 13.7. The molecule has 3 rings (SSSR count). The molecule has 144 valence electrons. The Balaban J connectivity index is 1.49. The molecule has 0 radical (unpaired) electrons. The molecule has 2 N–H and O–H groups in total. The molecule has 0 bridgehead atoms. The molecule has 0 spiro atoms. The zero-order chi connectivity index (χ0) is 19.8. The lowest BCUT2D eigenvalue weighted by molar-refractivity contribution is -0.119. The molecule has 5 heteroatoms. The number of hydrogen-bond donors (Lipinski definition) is 2. The number of nitrogens with one attached hydrogen (secondary N) is 2. The fourth-order valence-electron chi connectivity index (χ4n) is 3.06. The highest BCUT2D eigenvalue weighted by molar-refractivity contribution is 5.87. The minimum atomic E-state index is -0.191. The van der Waals surface area contributed by atoms with E-state index in [-0.39, 0.29) is 12.5 Å². The zero-order valence-electron chi connectivity index (χ0n) is 16.4. The second-order valence-electron chi connectivity index (χ2n) is 6.47. The Morgan fingerprint density at radius 3 is 2.39 bits per heavy atom. The molecule has 0 saturated carbocycles. The van der Waals surface area contributed by atoms with E-state index in [0.29, 0.717) is 0 Å². The maximum atomic E-state index is 12.0. The number of benzene rings is 3. The van der Waals surface area contributed by atoms with Crippen molar-refractivity contribution in [3.8, 4) is 0 Å². The summed E-state index contributed by atoms with van der Waals surface area (Å²) in [7, 11) is 0. The van der Waals surface area contributed by atoms with Crippen LogP contribution < -0.4 is 15.6 Å². The van der Waals surface area contributed by atoms with Gasteiger partial charge in [0, 0.05) is 24.5 Å². The third-order valence-electron chi connectivity index (χ3n) is 4.63. The lowest BCUT2D eigenvalue weighted by atomic mass is 10.1. The number of hydrogen-bond acceptors (Lipinski definition) is 4. The molecule has 0 saturated heterocycles. The van der Waals surface area contributed by atoms with Crippen LogP contribution in [0.2, 0.25) is 0 Å². The highest BCUT2D eigenvalue weighted by Crippen LogP contribution is 2.18. The third-order valence-corrected chi connectivity index (χ3v) is 4.63. The molecule has 0 heterocycles. The van der Waals surface area contributed by atoms with Crippen molar-refractivity contribution in [1.82, 2.24) is 5.43 Å².